The van der Waals surface area contributed by atoms with Gasteiger partial charge in [0.25, 0.3) is 0 Å². The standard InChI is InChI=1S/C45H85NO7/c1-6-10-26-40(27-11-7-2)51-43(47)32-24-20-16-14-18-22-30-42(53-45(49)38-50-39-34-36-46(5)37-35-39)31-23-19-15-17-21-25-33-44(48)52-41(28-12-8-3)29-13-9-4/h39-42H,6-38H2,1-5H3. The largest absolute Gasteiger partial charge is 0.462 e. The molecule has 8 heteroatoms. The highest BCUT2D eigenvalue weighted by Crippen LogP contribution is 2.20. The summed E-state index contributed by atoms with van der Waals surface area (Å²) in [6, 6.07) is 0. The molecule has 0 N–H and O–H groups in total. The molecule has 312 valence electrons. The van der Waals surface area contributed by atoms with Crippen molar-refractivity contribution in [2.24, 2.45) is 0 Å². The molecule has 0 aromatic rings. The summed E-state index contributed by atoms with van der Waals surface area (Å²) in [4.78, 5) is 39.9. The summed E-state index contributed by atoms with van der Waals surface area (Å²) in [6.45, 7) is 10.8. The first-order valence-corrected chi connectivity index (χ1v) is 22.7. The van der Waals surface area contributed by atoms with Crippen LogP contribution >= 0.6 is 0 Å². The molecule has 0 bridgehead atoms. The van der Waals surface area contributed by atoms with E-state index in [0.717, 1.165) is 193 Å². The molecule has 0 radical (unpaired) electrons. The van der Waals surface area contributed by atoms with Crippen LogP contribution in [0, 0.1) is 0 Å². The van der Waals surface area contributed by atoms with Crippen LogP contribution in [0.4, 0.5) is 0 Å². The van der Waals surface area contributed by atoms with Crippen LogP contribution < -0.4 is 0 Å². The lowest BCUT2D eigenvalue weighted by Gasteiger charge is -2.28. The fraction of sp³-hybridized carbons (Fsp3) is 0.933. The Morgan fingerprint density at radius 3 is 1.17 bits per heavy atom. The number of piperidine rings is 1. The highest BCUT2D eigenvalue weighted by molar-refractivity contribution is 5.71. The minimum atomic E-state index is -0.231. The van der Waals surface area contributed by atoms with Crippen LogP contribution in [0.15, 0.2) is 0 Å². The third-order valence-corrected chi connectivity index (χ3v) is 10.8. The minimum absolute atomic E-state index is 0.0274. The lowest BCUT2D eigenvalue weighted by Crippen LogP contribution is -2.35. The molecule has 0 spiro atoms. The topological polar surface area (TPSA) is 91.4 Å². The molecule has 0 aromatic heterocycles. The number of hydrogen-bond donors (Lipinski definition) is 0. The first kappa shape index (κ1) is 49.3. The van der Waals surface area contributed by atoms with Gasteiger partial charge < -0.3 is 23.8 Å². The Labute approximate surface area is 326 Å². The average molecular weight is 752 g/mol. The van der Waals surface area contributed by atoms with E-state index in [4.69, 9.17) is 18.9 Å². The number of carbonyl (C=O) groups excluding carboxylic acids is 3. The Balaban J connectivity index is 2.33. The summed E-state index contributed by atoms with van der Waals surface area (Å²) >= 11 is 0. The molecule has 1 aliphatic rings. The third-order valence-electron chi connectivity index (χ3n) is 10.8. The van der Waals surface area contributed by atoms with Crippen LogP contribution in [0.2, 0.25) is 0 Å². The van der Waals surface area contributed by atoms with Crippen molar-refractivity contribution in [3.05, 3.63) is 0 Å². The van der Waals surface area contributed by atoms with Gasteiger partial charge in [0.15, 0.2) is 0 Å². The van der Waals surface area contributed by atoms with Gasteiger partial charge in [0.1, 0.15) is 24.9 Å². The summed E-state index contributed by atoms with van der Waals surface area (Å²) in [5, 5.41) is 0. The summed E-state index contributed by atoms with van der Waals surface area (Å²) in [5.74, 6) is -0.285. The molecular weight excluding hydrogens is 666 g/mol. The van der Waals surface area contributed by atoms with Gasteiger partial charge in [-0.15, -0.1) is 0 Å². The molecule has 1 saturated heterocycles. The van der Waals surface area contributed by atoms with Crippen LogP contribution in [0.3, 0.4) is 0 Å². The monoisotopic (exact) mass is 752 g/mol. The fourth-order valence-corrected chi connectivity index (χ4v) is 7.26. The molecule has 0 amide bonds. The molecule has 1 aliphatic heterocycles. The van der Waals surface area contributed by atoms with Crippen LogP contribution in [-0.2, 0) is 33.3 Å². The maximum Gasteiger partial charge on any atom is 0.332 e. The number of nitrogens with zero attached hydrogens (tertiary/aromatic N) is 1. The first-order valence-electron chi connectivity index (χ1n) is 22.7. The van der Waals surface area contributed by atoms with Crippen molar-refractivity contribution >= 4 is 17.9 Å². The van der Waals surface area contributed by atoms with E-state index in [1.807, 2.05) is 0 Å². The van der Waals surface area contributed by atoms with E-state index in [2.05, 4.69) is 39.6 Å². The Morgan fingerprint density at radius 2 is 0.792 bits per heavy atom. The van der Waals surface area contributed by atoms with Crippen molar-refractivity contribution in [2.75, 3.05) is 26.7 Å². The van der Waals surface area contributed by atoms with E-state index >= 15 is 0 Å². The smallest absolute Gasteiger partial charge is 0.332 e. The van der Waals surface area contributed by atoms with E-state index in [9.17, 15) is 14.4 Å². The number of likely N-dealkylation sites (tertiary alicyclic amines) is 1. The fourth-order valence-electron chi connectivity index (χ4n) is 7.26. The molecule has 8 nitrogen and oxygen atoms in total. The highest BCUT2D eigenvalue weighted by Gasteiger charge is 2.21. The first-order chi connectivity index (χ1) is 25.8. The van der Waals surface area contributed by atoms with Gasteiger partial charge in [-0.25, -0.2) is 4.79 Å². The Morgan fingerprint density at radius 1 is 0.472 bits per heavy atom. The van der Waals surface area contributed by atoms with Crippen LogP contribution in [-0.4, -0.2) is 74.0 Å². The number of carbonyl (C=O) groups is 3. The second-order valence-electron chi connectivity index (χ2n) is 16.0. The van der Waals surface area contributed by atoms with Gasteiger partial charge in [0.05, 0.1) is 6.10 Å². The minimum Gasteiger partial charge on any atom is -0.462 e. The summed E-state index contributed by atoms with van der Waals surface area (Å²) in [7, 11) is 2.13. The highest BCUT2D eigenvalue weighted by atomic mass is 16.6. The number of unbranched alkanes of at least 4 members (excludes halogenated alkanes) is 14. The van der Waals surface area contributed by atoms with Gasteiger partial charge >= 0.3 is 17.9 Å². The molecule has 0 aliphatic carbocycles. The Kier molecular flexibility index (Phi) is 32.4. The predicted molar refractivity (Wildman–Crippen MR) is 218 cm³/mol. The van der Waals surface area contributed by atoms with Gasteiger partial charge in [0, 0.05) is 25.9 Å². The maximum atomic E-state index is 12.8. The molecule has 0 saturated carbocycles. The Hall–Kier alpha value is -1.67. The number of ether oxygens (including phenoxy) is 4. The lowest BCUT2D eigenvalue weighted by molar-refractivity contribution is -0.158. The quantitative estimate of drug-likeness (QED) is 0.0355. The van der Waals surface area contributed by atoms with E-state index in [1.54, 1.807) is 0 Å². The molecule has 53 heavy (non-hydrogen) atoms. The molecule has 1 fully saturated rings. The van der Waals surface area contributed by atoms with Crippen molar-refractivity contribution in [1.29, 1.82) is 0 Å². The van der Waals surface area contributed by atoms with E-state index in [0.29, 0.717) is 12.8 Å². The van der Waals surface area contributed by atoms with Gasteiger partial charge in [0.2, 0.25) is 0 Å². The zero-order valence-electron chi connectivity index (χ0n) is 35.4. The second kappa shape index (κ2) is 34.8. The van der Waals surface area contributed by atoms with Crippen molar-refractivity contribution in [3.63, 3.8) is 0 Å². The normalized spacial score (nSPS) is 14.0. The van der Waals surface area contributed by atoms with Crippen LogP contribution in [0.25, 0.3) is 0 Å². The zero-order valence-corrected chi connectivity index (χ0v) is 35.4. The van der Waals surface area contributed by atoms with Gasteiger partial charge in [-0.2, -0.15) is 0 Å². The van der Waals surface area contributed by atoms with E-state index < -0.39 is 0 Å². The van der Waals surface area contributed by atoms with E-state index in [1.165, 1.54) is 0 Å². The number of esters is 3. The summed E-state index contributed by atoms with van der Waals surface area (Å²) < 4.78 is 23.5. The molecule has 0 unspecified atom stereocenters. The number of rotatable bonds is 36. The molecule has 1 rings (SSSR count). The molecule has 1 heterocycles. The average Bonchev–Trinajstić information content (AvgIpc) is 3.15. The summed E-state index contributed by atoms with van der Waals surface area (Å²) in [5.41, 5.74) is 0. The van der Waals surface area contributed by atoms with E-state index in [-0.39, 0.29) is 48.9 Å². The number of hydrogen-bond acceptors (Lipinski definition) is 8. The Bertz CT molecular complexity index is 809. The lowest BCUT2D eigenvalue weighted by atomic mass is 10.0. The molecular formula is C45H85NO7. The molecule has 0 atom stereocenters. The zero-order chi connectivity index (χ0) is 38.8. The van der Waals surface area contributed by atoms with Gasteiger partial charge in [-0.05, 0) is 84.1 Å². The predicted octanol–water partition coefficient (Wildman–Crippen LogP) is 11.8. The van der Waals surface area contributed by atoms with Crippen LogP contribution in [0.1, 0.15) is 220 Å². The van der Waals surface area contributed by atoms with Gasteiger partial charge in [-0.1, -0.05) is 130 Å². The maximum absolute atomic E-state index is 12.8. The van der Waals surface area contributed by atoms with Crippen LogP contribution in [0.5, 0.6) is 0 Å². The second-order valence-corrected chi connectivity index (χ2v) is 16.0. The third kappa shape index (κ3) is 29.3. The van der Waals surface area contributed by atoms with Crippen molar-refractivity contribution < 1.29 is 33.3 Å². The molecule has 0 aromatic carbocycles. The summed E-state index contributed by atoms with van der Waals surface area (Å²) in [6.07, 6.45) is 30.7. The van der Waals surface area contributed by atoms with Crippen molar-refractivity contribution in [1.82, 2.24) is 4.90 Å². The van der Waals surface area contributed by atoms with Gasteiger partial charge in [-0.3, -0.25) is 9.59 Å². The SMILES string of the molecule is CCCCC(CCCC)OC(=O)CCCCCCCCC(CCCCCCCCC(=O)OC(CCCC)CCCC)OC(=O)COC1CCN(C)CC1. The van der Waals surface area contributed by atoms with Crippen molar-refractivity contribution in [3.8, 4) is 0 Å². The van der Waals surface area contributed by atoms with Crippen molar-refractivity contribution in [2.45, 2.75) is 245 Å².